The number of piperazine rings is 1. The van der Waals surface area contributed by atoms with Crippen molar-refractivity contribution in [3.05, 3.63) is 23.2 Å². The molecule has 1 saturated heterocycles. The van der Waals surface area contributed by atoms with Crippen LogP contribution in [-0.2, 0) is 17.6 Å². The van der Waals surface area contributed by atoms with E-state index in [2.05, 4.69) is 0 Å². The van der Waals surface area contributed by atoms with E-state index in [0.29, 0.717) is 25.4 Å². The molecule has 0 N–H and O–H groups in total. The van der Waals surface area contributed by atoms with Crippen molar-refractivity contribution in [3.63, 3.8) is 0 Å². The summed E-state index contributed by atoms with van der Waals surface area (Å²) in [6.07, 6.45) is 10.4. The van der Waals surface area contributed by atoms with Crippen LogP contribution in [-0.4, -0.2) is 46.8 Å². The lowest BCUT2D eigenvalue weighted by molar-refractivity contribution is -0.141. The van der Waals surface area contributed by atoms with Crippen LogP contribution < -0.4 is 0 Å². The van der Waals surface area contributed by atoms with Gasteiger partial charge in [-0.2, -0.15) is 0 Å². The van der Waals surface area contributed by atoms with Gasteiger partial charge in [-0.3, -0.25) is 9.59 Å². The Morgan fingerprint density at radius 2 is 1.88 bits per heavy atom. The summed E-state index contributed by atoms with van der Waals surface area (Å²) in [6.45, 7) is 3.56. The summed E-state index contributed by atoms with van der Waals surface area (Å²) in [6, 6.07) is 0. The molecule has 2 fully saturated rings. The Hall–Kier alpha value is -1.78. The average Bonchev–Trinajstić information content (AvgIpc) is 3.17. The highest BCUT2D eigenvalue weighted by atomic mass is 16.3. The zero-order chi connectivity index (χ0) is 16.7. The number of hydrogen-bond donors (Lipinski definition) is 0. The number of aryl methyl sites for hydroxylation is 1. The van der Waals surface area contributed by atoms with Crippen LogP contribution in [0.2, 0.25) is 0 Å². The number of carbonyl (C=O) groups is 2. The second kappa shape index (κ2) is 5.94. The number of nitrogens with zero attached hydrogens (tertiary/aromatic N) is 2. The Bertz CT molecular complexity index is 658. The molecule has 0 radical (unpaired) electrons. The number of furan rings is 1. The van der Waals surface area contributed by atoms with E-state index < -0.39 is 0 Å². The van der Waals surface area contributed by atoms with Crippen LogP contribution in [0, 0.1) is 0 Å². The number of hydrogen-bond acceptors (Lipinski definition) is 3. The third-order valence-electron chi connectivity index (χ3n) is 6.15. The molecule has 24 heavy (non-hydrogen) atoms. The number of amides is 2. The molecule has 1 aliphatic heterocycles. The van der Waals surface area contributed by atoms with Gasteiger partial charge in [0.25, 0.3) is 5.91 Å². The van der Waals surface area contributed by atoms with Gasteiger partial charge in [-0.25, -0.2) is 0 Å². The molecule has 2 amide bonds. The predicted molar refractivity (Wildman–Crippen MR) is 89.8 cm³/mol. The molecule has 130 valence electrons. The fraction of sp³-hybridized carbons (Fsp3) is 0.684. The highest BCUT2D eigenvalue weighted by Gasteiger charge is 2.45. The van der Waals surface area contributed by atoms with Crippen molar-refractivity contribution in [2.45, 2.75) is 63.8 Å². The van der Waals surface area contributed by atoms with Crippen LogP contribution in [0.15, 0.2) is 10.7 Å². The van der Waals surface area contributed by atoms with E-state index in [1.807, 2.05) is 9.80 Å². The molecule has 2 aliphatic carbocycles. The summed E-state index contributed by atoms with van der Waals surface area (Å²) < 4.78 is 5.63. The molecule has 5 nitrogen and oxygen atoms in total. The number of fused-ring (bicyclic) bond motifs is 1. The number of rotatable bonds is 1. The second-order valence-electron chi connectivity index (χ2n) is 7.60. The molecular formula is C19H26N2O3. The lowest BCUT2D eigenvalue weighted by atomic mass is 9.78. The summed E-state index contributed by atoms with van der Waals surface area (Å²) >= 11 is 0. The molecular weight excluding hydrogens is 304 g/mol. The number of carbonyl (C=O) groups excluding carboxylic acids is 2. The second-order valence-corrected chi connectivity index (χ2v) is 7.60. The molecule has 1 aromatic rings. The minimum Gasteiger partial charge on any atom is -0.459 e. The van der Waals surface area contributed by atoms with E-state index in [1.165, 1.54) is 12.0 Å². The summed E-state index contributed by atoms with van der Waals surface area (Å²) in [5.41, 5.74) is 2.16. The fourth-order valence-electron chi connectivity index (χ4n) is 4.96. The molecule has 1 saturated carbocycles. The lowest BCUT2D eigenvalue weighted by Gasteiger charge is -2.52. The van der Waals surface area contributed by atoms with E-state index in [9.17, 15) is 9.59 Å². The zero-order valence-corrected chi connectivity index (χ0v) is 14.5. The van der Waals surface area contributed by atoms with E-state index >= 15 is 0 Å². The maximum absolute atomic E-state index is 13.1. The van der Waals surface area contributed by atoms with Gasteiger partial charge >= 0.3 is 0 Å². The summed E-state index contributed by atoms with van der Waals surface area (Å²) in [7, 11) is 0. The first-order valence-corrected chi connectivity index (χ1v) is 9.27. The topological polar surface area (TPSA) is 53.8 Å². The quantitative estimate of drug-likeness (QED) is 0.795. The normalized spacial score (nSPS) is 22.7. The van der Waals surface area contributed by atoms with Crippen LogP contribution in [0.1, 0.15) is 67.1 Å². The molecule has 0 unspecified atom stereocenters. The van der Waals surface area contributed by atoms with Crippen LogP contribution in [0.4, 0.5) is 0 Å². The monoisotopic (exact) mass is 330 g/mol. The predicted octanol–water partition coefficient (Wildman–Crippen LogP) is 2.78. The molecule has 0 aromatic carbocycles. The van der Waals surface area contributed by atoms with Gasteiger partial charge < -0.3 is 14.2 Å². The van der Waals surface area contributed by atoms with Gasteiger partial charge in [0.2, 0.25) is 5.91 Å². The van der Waals surface area contributed by atoms with E-state index in [-0.39, 0.29) is 17.4 Å². The highest BCUT2D eigenvalue weighted by molar-refractivity contribution is 5.93. The Morgan fingerprint density at radius 3 is 2.62 bits per heavy atom. The van der Waals surface area contributed by atoms with Crippen LogP contribution in [0.5, 0.6) is 0 Å². The van der Waals surface area contributed by atoms with E-state index in [0.717, 1.165) is 50.5 Å². The van der Waals surface area contributed by atoms with Crippen molar-refractivity contribution >= 4 is 11.8 Å². The smallest absolute Gasteiger partial charge is 0.289 e. The standard InChI is InChI=1S/C19H26N2O3/c1-14(22)21-11-10-20(13-19(21)8-3-2-4-9-19)18(23)17-16-7-5-6-15(16)12-24-17/h12H,2-11,13H2,1H3. The first-order chi connectivity index (χ1) is 11.6. The summed E-state index contributed by atoms with van der Waals surface area (Å²) in [5.74, 6) is 0.707. The van der Waals surface area contributed by atoms with Gasteiger partial charge in [-0.05, 0) is 37.7 Å². The summed E-state index contributed by atoms with van der Waals surface area (Å²) in [5, 5.41) is 0. The largest absolute Gasteiger partial charge is 0.459 e. The van der Waals surface area contributed by atoms with Gasteiger partial charge in [-0.15, -0.1) is 0 Å². The van der Waals surface area contributed by atoms with E-state index in [1.54, 1.807) is 13.2 Å². The van der Waals surface area contributed by atoms with Crippen molar-refractivity contribution in [2.75, 3.05) is 19.6 Å². The first-order valence-electron chi connectivity index (χ1n) is 9.27. The zero-order valence-electron chi connectivity index (χ0n) is 14.5. The van der Waals surface area contributed by atoms with Crippen molar-refractivity contribution in [2.24, 2.45) is 0 Å². The Morgan fingerprint density at radius 1 is 1.08 bits per heavy atom. The fourth-order valence-corrected chi connectivity index (χ4v) is 4.96. The van der Waals surface area contributed by atoms with Crippen molar-refractivity contribution < 1.29 is 14.0 Å². The molecule has 1 aromatic heterocycles. The molecule has 3 aliphatic rings. The Kier molecular flexibility index (Phi) is 3.89. The molecule has 0 bridgehead atoms. The molecule has 2 heterocycles. The van der Waals surface area contributed by atoms with Gasteiger partial charge in [0, 0.05) is 32.1 Å². The van der Waals surface area contributed by atoms with Crippen LogP contribution >= 0.6 is 0 Å². The van der Waals surface area contributed by atoms with Gasteiger partial charge in [0.15, 0.2) is 5.76 Å². The van der Waals surface area contributed by atoms with Crippen LogP contribution in [0.3, 0.4) is 0 Å². The third kappa shape index (κ3) is 2.45. The van der Waals surface area contributed by atoms with Crippen molar-refractivity contribution in [1.29, 1.82) is 0 Å². The molecule has 0 atom stereocenters. The minimum atomic E-state index is -0.159. The van der Waals surface area contributed by atoms with Gasteiger partial charge in [-0.1, -0.05) is 19.3 Å². The third-order valence-corrected chi connectivity index (χ3v) is 6.15. The maximum Gasteiger partial charge on any atom is 0.289 e. The van der Waals surface area contributed by atoms with E-state index in [4.69, 9.17) is 4.42 Å². The Labute approximate surface area is 143 Å². The summed E-state index contributed by atoms with van der Waals surface area (Å²) in [4.78, 5) is 29.1. The van der Waals surface area contributed by atoms with Crippen molar-refractivity contribution in [3.8, 4) is 0 Å². The Balaban J connectivity index is 1.58. The highest BCUT2D eigenvalue weighted by Crippen LogP contribution is 2.37. The SMILES string of the molecule is CC(=O)N1CCN(C(=O)c2occ3c2CCC3)CC12CCCCC2. The molecule has 5 heteroatoms. The first kappa shape index (κ1) is 15.7. The lowest BCUT2D eigenvalue weighted by Crippen LogP contribution is -2.65. The van der Waals surface area contributed by atoms with Crippen LogP contribution in [0.25, 0.3) is 0 Å². The van der Waals surface area contributed by atoms with Gasteiger partial charge in [0.1, 0.15) is 0 Å². The molecule has 1 spiro atoms. The minimum absolute atomic E-state index is 0.0197. The van der Waals surface area contributed by atoms with Gasteiger partial charge in [0.05, 0.1) is 11.8 Å². The maximum atomic E-state index is 13.1. The van der Waals surface area contributed by atoms with Crippen molar-refractivity contribution in [1.82, 2.24) is 9.80 Å². The average molecular weight is 330 g/mol. The molecule has 4 rings (SSSR count).